The molecule has 0 aliphatic rings. The fraction of sp³-hybridized carbons (Fsp3) is 0.227. The Hall–Kier alpha value is -3.61. The number of aromatic amines is 1. The zero-order valence-electron chi connectivity index (χ0n) is 16.3. The third-order valence-corrected chi connectivity index (χ3v) is 4.22. The molecule has 7 heteroatoms. The molecule has 0 amide bonds. The van der Waals surface area contributed by atoms with Crippen molar-refractivity contribution in [1.82, 2.24) is 10.2 Å². The normalized spacial score (nSPS) is 10.9. The lowest BCUT2D eigenvalue weighted by Crippen LogP contribution is -2.10. The second kappa shape index (κ2) is 10.1. The summed E-state index contributed by atoms with van der Waals surface area (Å²) in [5.74, 6) is 0.954. The van der Waals surface area contributed by atoms with Crippen LogP contribution in [-0.4, -0.2) is 28.1 Å². The Labute approximate surface area is 169 Å². The van der Waals surface area contributed by atoms with E-state index in [0.29, 0.717) is 18.0 Å². The lowest BCUT2D eigenvalue weighted by molar-refractivity contribution is 0.306. The Bertz CT molecular complexity index is 1010. The molecule has 0 atom stereocenters. The van der Waals surface area contributed by atoms with E-state index in [1.807, 2.05) is 24.3 Å². The summed E-state index contributed by atoms with van der Waals surface area (Å²) in [5.41, 5.74) is 5.10. The van der Waals surface area contributed by atoms with Gasteiger partial charge in [0.15, 0.2) is 0 Å². The molecule has 3 aromatic rings. The van der Waals surface area contributed by atoms with Crippen LogP contribution in [0.25, 0.3) is 11.3 Å². The van der Waals surface area contributed by atoms with E-state index >= 15 is 0 Å². The van der Waals surface area contributed by atoms with Gasteiger partial charge in [0.1, 0.15) is 17.2 Å². The van der Waals surface area contributed by atoms with Crippen LogP contribution in [0, 0.1) is 0 Å². The number of aromatic hydroxyl groups is 1. The Kier molecular flexibility index (Phi) is 7.00. The van der Waals surface area contributed by atoms with Crippen molar-refractivity contribution in [3.8, 4) is 22.8 Å². The average Bonchev–Trinajstić information content (AvgIpc) is 2.72. The Morgan fingerprint density at radius 2 is 2.00 bits per heavy atom. The maximum atomic E-state index is 11.7. The Morgan fingerprint density at radius 3 is 2.76 bits per heavy atom. The zero-order chi connectivity index (χ0) is 20.5. The summed E-state index contributed by atoms with van der Waals surface area (Å²) in [7, 11) is 0. The monoisotopic (exact) mass is 392 g/mol. The SMILES string of the molecule is CCCCCOc1ccc(-c2n[nH]c(=O)cc2NN=Cc2cccc(O)c2)cc1. The van der Waals surface area contributed by atoms with Gasteiger partial charge in [0, 0.05) is 11.6 Å². The number of unbranched alkanes of at least 4 members (excludes halogenated alkanes) is 2. The van der Waals surface area contributed by atoms with Gasteiger partial charge >= 0.3 is 0 Å². The molecule has 7 nitrogen and oxygen atoms in total. The van der Waals surface area contributed by atoms with E-state index in [0.717, 1.165) is 36.1 Å². The van der Waals surface area contributed by atoms with Crippen LogP contribution in [0.3, 0.4) is 0 Å². The molecule has 0 fully saturated rings. The molecule has 0 bridgehead atoms. The van der Waals surface area contributed by atoms with Crippen molar-refractivity contribution < 1.29 is 9.84 Å². The van der Waals surface area contributed by atoms with Crippen molar-refractivity contribution in [3.05, 3.63) is 70.5 Å². The van der Waals surface area contributed by atoms with Crippen molar-refractivity contribution in [3.63, 3.8) is 0 Å². The summed E-state index contributed by atoms with van der Waals surface area (Å²) in [6.45, 7) is 2.85. The van der Waals surface area contributed by atoms with Crippen molar-refractivity contribution in [2.45, 2.75) is 26.2 Å². The first kappa shape index (κ1) is 20.1. The number of phenolic OH excluding ortho intramolecular Hbond substituents is 1. The van der Waals surface area contributed by atoms with Gasteiger partial charge in [-0.15, -0.1) is 0 Å². The Morgan fingerprint density at radius 1 is 1.17 bits per heavy atom. The summed E-state index contributed by atoms with van der Waals surface area (Å²) >= 11 is 0. The van der Waals surface area contributed by atoms with Gasteiger partial charge in [-0.1, -0.05) is 31.9 Å². The van der Waals surface area contributed by atoms with E-state index < -0.39 is 0 Å². The topological polar surface area (TPSA) is 99.6 Å². The highest BCUT2D eigenvalue weighted by atomic mass is 16.5. The molecule has 1 heterocycles. The average molecular weight is 392 g/mol. The standard InChI is InChI=1S/C22H24N4O3/c1-2-3-4-12-29-19-10-8-17(9-11-19)22-20(14-21(28)25-26-22)24-23-15-16-6-5-7-18(27)13-16/h5-11,13-15,27H,2-4,12H2,1H3,(H2,24,25,28). The van der Waals surface area contributed by atoms with Crippen LogP contribution in [0.5, 0.6) is 11.5 Å². The molecule has 0 saturated heterocycles. The van der Waals surface area contributed by atoms with Gasteiger partial charge in [-0.3, -0.25) is 10.2 Å². The molecule has 0 aliphatic heterocycles. The highest BCUT2D eigenvalue weighted by Crippen LogP contribution is 2.26. The third kappa shape index (κ3) is 5.93. The van der Waals surface area contributed by atoms with E-state index in [1.165, 1.54) is 6.07 Å². The predicted octanol–water partition coefficient (Wildman–Crippen LogP) is 4.16. The summed E-state index contributed by atoms with van der Waals surface area (Å²) in [5, 5.41) is 20.3. The third-order valence-electron chi connectivity index (χ3n) is 4.22. The number of aromatic nitrogens is 2. The first-order valence-electron chi connectivity index (χ1n) is 9.57. The quantitative estimate of drug-likeness (QED) is 0.288. The van der Waals surface area contributed by atoms with Crippen LogP contribution in [0.15, 0.2) is 64.5 Å². The number of anilines is 1. The minimum atomic E-state index is -0.334. The molecule has 3 rings (SSSR count). The van der Waals surface area contributed by atoms with Crippen LogP contribution in [0.4, 0.5) is 5.69 Å². The van der Waals surface area contributed by atoms with E-state index in [1.54, 1.807) is 30.5 Å². The van der Waals surface area contributed by atoms with Crippen LogP contribution in [0.1, 0.15) is 31.7 Å². The zero-order valence-corrected chi connectivity index (χ0v) is 16.3. The summed E-state index contributed by atoms with van der Waals surface area (Å²) in [6, 6.07) is 15.6. The summed E-state index contributed by atoms with van der Waals surface area (Å²) in [4.78, 5) is 11.7. The number of hydrogen-bond acceptors (Lipinski definition) is 6. The van der Waals surface area contributed by atoms with Gasteiger partial charge in [0.2, 0.25) is 0 Å². The fourth-order valence-electron chi connectivity index (χ4n) is 2.74. The van der Waals surface area contributed by atoms with Crippen molar-refractivity contribution >= 4 is 11.9 Å². The number of hydrazone groups is 1. The van der Waals surface area contributed by atoms with Gasteiger partial charge in [0.25, 0.3) is 5.56 Å². The number of benzene rings is 2. The molecule has 29 heavy (non-hydrogen) atoms. The highest BCUT2D eigenvalue weighted by Gasteiger charge is 2.08. The van der Waals surface area contributed by atoms with Gasteiger partial charge < -0.3 is 9.84 Å². The van der Waals surface area contributed by atoms with Crippen molar-refractivity contribution in [1.29, 1.82) is 0 Å². The maximum Gasteiger partial charge on any atom is 0.266 e. The molecule has 0 radical (unpaired) electrons. The smallest absolute Gasteiger partial charge is 0.266 e. The van der Waals surface area contributed by atoms with Crippen LogP contribution >= 0.6 is 0 Å². The van der Waals surface area contributed by atoms with Crippen LogP contribution in [0.2, 0.25) is 0 Å². The molecule has 2 aromatic carbocycles. The molecule has 1 aromatic heterocycles. The second-order valence-corrected chi connectivity index (χ2v) is 6.54. The van der Waals surface area contributed by atoms with Crippen LogP contribution in [-0.2, 0) is 0 Å². The van der Waals surface area contributed by atoms with E-state index in [9.17, 15) is 9.90 Å². The summed E-state index contributed by atoms with van der Waals surface area (Å²) < 4.78 is 5.73. The molecule has 0 aliphatic carbocycles. The molecule has 0 unspecified atom stereocenters. The molecule has 3 N–H and O–H groups in total. The Balaban J connectivity index is 1.73. The first-order chi connectivity index (χ1) is 14.2. The number of nitrogens with one attached hydrogen (secondary N) is 2. The maximum absolute atomic E-state index is 11.7. The summed E-state index contributed by atoms with van der Waals surface area (Å²) in [6.07, 6.45) is 4.89. The lowest BCUT2D eigenvalue weighted by atomic mass is 10.1. The van der Waals surface area contributed by atoms with Crippen molar-refractivity contribution in [2.75, 3.05) is 12.0 Å². The number of rotatable bonds is 9. The molecular formula is C22H24N4O3. The van der Waals surface area contributed by atoms with Gasteiger partial charge in [0.05, 0.1) is 18.5 Å². The highest BCUT2D eigenvalue weighted by molar-refractivity contribution is 5.81. The van der Waals surface area contributed by atoms with Crippen molar-refractivity contribution in [2.24, 2.45) is 5.10 Å². The first-order valence-corrected chi connectivity index (χ1v) is 9.57. The lowest BCUT2D eigenvalue weighted by Gasteiger charge is -2.09. The largest absolute Gasteiger partial charge is 0.508 e. The molecular weight excluding hydrogens is 368 g/mol. The van der Waals surface area contributed by atoms with E-state index in [-0.39, 0.29) is 11.3 Å². The number of H-pyrrole nitrogens is 1. The molecule has 0 spiro atoms. The number of nitrogens with zero attached hydrogens (tertiary/aromatic N) is 2. The number of hydrogen-bond donors (Lipinski definition) is 3. The molecule has 150 valence electrons. The predicted molar refractivity (Wildman–Crippen MR) is 115 cm³/mol. The number of phenols is 1. The van der Waals surface area contributed by atoms with E-state index in [2.05, 4.69) is 27.6 Å². The fourth-order valence-corrected chi connectivity index (χ4v) is 2.74. The number of ether oxygens (including phenoxy) is 1. The van der Waals surface area contributed by atoms with E-state index in [4.69, 9.17) is 4.74 Å². The van der Waals surface area contributed by atoms with Gasteiger partial charge in [-0.2, -0.15) is 10.2 Å². The van der Waals surface area contributed by atoms with Gasteiger partial charge in [-0.25, -0.2) is 5.10 Å². The molecule has 0 saturated carbocycles. The minimum Gasteiger partial charge on any atom is -0.508 e. The minimum absolute atomic E-state index is 0.157. The van der Waals surface area contributed by atoms with Crippen LogP contribution < -0.4 is 15.7 Å². The van der Waals surface area contributed by atoms with Gasteiger partial charge in [-0.05, 0) is 48.4 Å². The second-order valence-electron chi connectivity index (χ2n) is 6.54.